The number of furan rings is 1. The Balaban J connectivity index is 1.74. The third kappa shape index (κ3) is 2.87. The minimum absolute atomic E-state index is 0.0137. The summed E-state index contributed by atoms with van der Waals surface area (Å²) in [5.41, 5.74) is 6.68. The summed E-state index contributed by atoms with van der Waals surface area (Å²) in [4.78, 5) is 0. The third-order valence-corrected chi connectivity index (χ3v) is 3.12. The molecule has 0 amide bonds. The molecule has 1 atom stereocenters. The van der Waals surface area contributed by atoms with Gasteiger partial charge in [-0.15, -0.1) is 0 Å². The van der Waals surface area contributed by atoms with Crippen molar-refractivity contribution in [3.8, 4) is 5.75 Å². The van der Waals surface area contributed by atoms with E-state index >= 15 is 0 Å². The Hall–Kier alpha value is -2.40. The maximum atomic E-state index is 13.4. The predicted molar refractivity (Wildman–Crippen MR) is 75.0 cm³/mol. The summed E-state index contributed by atoms with van der Waals surface area (Å²) in [6.45, 7) is -0.0137. The lowest BCUT2D eigenvalue weighted by Gasteiger charge is -2.11. The van der Waals surface area contributed by atoms with Gasteiger partial charge in [0.15, 0.2) is 11.6 Å². The summed E-state index contributed by atoms with van der Waals surface area (Å²) in [5, 5.41) is 0.930. The zero-order valence-corrected chi connectivity index (χ0v) is 11.1. The molecule has 2 aromatic carbocycles. The first-order valence-electron chi connectivity index (χ1n) is 6.45. The molecule has 0 saturated carbocycles. The second-order valence-corrected chi connectivity index (χ2v) is 4.68. The van der Waals surface area contributed by atoms with Crippen molar-refractivity contribution < 1.29 is 17.9 Å². The summed E-state index contributed by atoms with van der Waals surface area (Å²) in [6, 6.07) is 11.8. The van der Waals surface area contributed by atoms with Crippen LogP contribution in [0.15, 0.2) is 52.9 Å². The van der Waals surface area contributed by atoms with Gasteiger partial charge in [-0.2, -0.15) is 0 Å². The van der Waals surface area contributed by atoms with Crippen molar-refractivity contribution in [2.75, 3.05) is 6.61 Å². The Kier molecular flexibility index (Phi) is 3.58. The van der Waals surface area contributed by atoms with E-state index in [1.807, 2.05) is 30.3 Å². The van der Waals surface area contributed by atoms with Crippen LogP contribution in [-0.4, -0.2) is 6.61 Å². The first-order chi connectivity index (χ1) is 10.1. The quantitative estimate of drug-likeness (QED) is 0.795. The van der Waals surface area contributed by atoms with Crippen molar-refractivity contribution in [2.45, 2.75) is 6.04 Å². The van der Waals surface area contributed by atoms with Crippen LogP contribution >= 0.6 is 0 Å². The van der Waals surface area contributed by atoms with Crippen LogP contribution in [0.3, 0.4) is 0 Å². The van der Waals surface area contributed by atoms with Crippen LogP contribution in [-0.2, 0) is 0 Å². The highest BCUT2D eigenvalue weighted by Gasteiger charge is 2.14. The van der Waals surface area contributed by atoms with Crippen molar-refractivity contribution in [2.24, 2.45) is 5.73 Å². The molecule has 0 aliphatic heterocycles. The number of halogens is 2. The molecule has 1 heterocycles. The molecule has 0 bridgehead atoms. The normalized spacial score (nSPS) is 12.5. The van der Waals surface area contributed by atoms with Gasteiger partial charge in [0.1, 0.15) is 23.8 Å². The molecule has 1 aromatic heterocycles. The summed E-state index contributed by atoms with van der Waals surface area (Å²) in [5.74, 6) is -0.827. The SMILES string of the molecule is NC(COc1cc(F)ccc1F)c1cc2ccccc2o1. The maximum Gasteiger partial charge on any atom is 0.165 e. The van der Waals surface area contributed by atoms with Gasteiger partial charge >= 0.3 is 0 Å². The molecular formula is C16H13F2NO2. The minimum Gasteiger partial charge on any atom is -0.488 e. The Morgan fingerprint density at radius 3 is 2.71 bits per heavy atom. The molecule has 0 radical (unpaired) electrons. The highest BCUT2D eigenvalue weighted by molar-refractivity contribution is 5.77. The number of nitrogens with two attached hydrogens (primary N) is 1. The fourth-order valence-electron chi connectivity index (χ4n) is 2.03. The summed E-state index contributed by atoms with van der Waals surface area (Å²) >= 11 is 0. The molecule has 108 valence electrons. The van der Waals surface area contributed by atoms with E-state index < -0.39 is 17.7 Å². The van der Waals surface area contributed by atoms with E-state index in [0.29, 0.717) is 5.76 Å². The topological polar surface area (TPSA) is 48.4 Å². The van der Waals surface area contributed by atoms with E-state index in [0.717, 1.165) is 29.2 Å². The molecule has 3 rings (SSSR count). The van der Waals surface area contributed by atoms with Crippen LogP contribution in [0.2, 0.25) is 0 Å². The molecule has 0 spiro atoms. The third-order valence-electron chi connectivity index (χ3n) is 3.12. The minimum atomic E-state index is -0.631. The highest BCUT2D eigenvalue weighted by Crippen LogP contribution is 2.24. The largest absolute Gasteiger partial charge is 0.488 e. The summed E-state index contributed by atoms with van der Waals surface area (Å²) < 4.78 is 37.3. The van der Waals surface area contributed by atoms with Crippen molar-refractivity contribution in [1.82, 2.24) is 0 Å². The van der Waals surface area contributed by atoms with Crippen LogP contribution < -0.4 is 10.5 Å². The van der Waals surface area contributed by atoms with E-state index in [1.54, 1.807) is 0 Å². The standard InChI is InChI=1S/C16H13F2NO2/c17-11-5-6-12(18)15(8-11)20-9-13(19)16-7-10-3-1-2-4-14(10)21-16/h1-8,13H,9,19H2. The van der Waals surface area contributed by atoms with Crippen molar-refractivity contribution >= 4 is 11.0 Å². The van der Waals surface area contributed by atoms with Gasteiger partial charge in [0, 0.05) is 11.5 Å². The second-order valence-electron chi connectivity index (χ2n) is 4.68. The Morgan fingerprint density at radius 1 is 1.10 bits per heavy atom. The maximum absolute atomic E-state index is 13.4. The molecule has 0 aliphatic rings. The van der Waals surface area contributed by atoms with Gasteiger partial charge in [-0.25, -0.2) is 8.78 Å². The Labute approximate surface area is 119 Å². The number of benzene rings is 2. The molecule has 5 heteroatoms. The van der Waals surface area contributed by atoms with Crippen LogP contribution in [0, 0.1) is 11.6 Å². The predicted octanol–water partition coefficient (Wildman–Crippen LogP) is 3.79. The number of hydrogen-bond donors (Lipinski definition) is 1. The van der Waals surface area contributed by atoms with Gasteiger partial charge < -0.3 is 14.9 Å². The van der Waals surface area contributed by atoms with Gasteiger partial charge in [-0.1, -0.05) is 18.2 Å². The first kappa shape index (κ1) is 13.6. The fourth-order valence-corrected chi connectivity index (χ4v) is 2.03. The number of para-hydroxylation sites is 1. The lowest BCUT2D eigenvalue weighted by Crippen LogP contribution is -2.18. The van der Waals surface area contributed by atoms with E-state index in [9.17, 15) is 8.78 Å². The molecule has 3 aromatic rings. The number of hydrogen-bond acceptors (Lipinski definition) is 3. The van der Waals surface area contributed by atoms with Crippen LogP contribution in [0.1, 0.15) is 11.8 Å². The van der Waals surface area contributed by atoms with Crippen LogP contribution in [0.4, 0.5) is 8.78 Å². The molecule has 0 saturated heterocycles. The van der Waals surface area contributed by atoms with Gasteiger partial charge in [0.25, 0.3) is 0 Å². The second kappa shape index (κ2) is 5.54. The van der Waals surface area contributed by atoms with Crippen LogP contribution in [0.25, 0.3) is 11.0 Å². The molecular weight excluding hydrogens is 276 g/mol. The van der Waals surface area contributed by atoms with Gasteiger partial charge in [0.05, 0.1) is 6.04 Å². The van der Waals surface area contributed by atoms with Gasteiger partial charge in [0.2, 0.25) is 0 Å². The smallest absolute Gasteiger partial charge is 0.165 e. The number of rotatable bonds is 4. The Bertz CT molecular complexity index is 737. The van der Waals surface area contributed by atoms with Crippen LogP contribution in [0.5, 0.6) is 5.75 Å². The summed E-state index contributed by atoms with van der Waals surface area (Å²) in [7, 11) is 0. The number of ether oxygens (including phenoxy) is 1. The molecule has 3 nitrogen and oxygen atoms in total. The fraction of sp³-hybridized carbons (Fsp3) is 0.125. The zero-order chi connectivity index (χ0) is 14.8. The van der Waals surface area contributed by atoms with Crippen molar-refractivity contribution in [3.05, 3.63) is 65.9 Å². The molecule has 0 fully saturated rings. The van der Waals surface area contributed by atoms with Crippen molar-refractivity contribution in [1.29, 1.82) is 0 Å². The lowest BCUT2D eigenvalue weighted by atomic mass is 10.2. The van der Waals surface area contributed by atoms with E-state index in [-0.39, 0.29) is 12.4 Å². The summed E-state index contributed by atoms with van der Waals surface area (Å²) in [6.07, 6.45) is 0. The molecule has 21 heavy (non-hydrogen) atoms. The molecule has 1 unspecified atom stereocenters. The molecule has 0 aliphatic carbocycles. The van der Waals surface area contributed by atoms with E-state index in [2.05, 4.69) is 0 Å². The highest BCUT2D eigenvalue weighted by atomic mass is 19.1. The molecule has 2 N–H and O–H groups in total. The lowest BCUT2D eigenvalue weighted by molar-refractivity contribution is 0.262. The first-order valence-corrected chi connectivity index (χ1v) is 6.45. The van der Waals surface area contributed by atoms with E-state index in [4.69, 9.17) is 14.9 Å². The zero-order valence-electron chi connectivity index (χ0n) is 11.1. The van der Waals surface area contributed by atoms with E-state index in [1.165, 1.54) is 0 Å². The average Bonchev–Trinajstić information content (AvgIpc) is 2.92. The van der Waals surface area contributed by atoms with Gasteiger partial charge in [-0.3, -0.25) is 0 Å². The number of fused-ring (bicyclic) bond motifs is 1. The average molecular weight is 289 g/mol. The van der Waals surface area contributed by atoms with Crippen molar-refractivity contribution in [3.63, 3.8) is 0 Å². The van der Waals surface area contributed by atoms with Gasteiger partial charge in [-0.05, 0) is 24.3 Å². The Morgan fingerprint density at radius 2 is 1.90 bits per heavy atom. The monoisotopic (exact) mass is 289 g/mol.